The van der Waals surface area contributed by atoms with Crippen LogP contribution in [-0.4, -0.2) is 58.2 Å². The molecule has 0 aliphatic carbocycles. The summed E-state index contributed by atoms with van der Waals surface area (Å²) in [5, 5.41) is 8.96. The van der Waals surface area contributed by atoms with Gasteiger partial charge in [0.15, 0.2) is 0 Å². The largest absolute Gasteiger partial charge is 0.396 e. The average Bonchev–Trinajstić information content (AvgIpc) is 2.83. The van der Waals surface area contributed by atoms with Crippen LogP contribution in [0.2, 0.25) is 0 Å². The Kier molecular flexibility index (Phi) is 5.08. The van der Waals surface area contributed by atoms with Crippen molar-refractivity contribution in [3.63, 3.8) is 0 Å². The first-order chi connectivity index (χ1) is 9.60. The lowest BCUT2D eigenvalue weighted by atomic mass is 10.1. The summed E-state index contributed by atoms with van der Waals surface area (Å²) in [4.78, 5) is 17.0. The predicted molar refractivity (Wildman–Crippen MR) is 78.3 cm³/mol. The molecular weight excluding hydrogens is 256 g/mol. The Labute approximate surface area is 119 Å². The van der Waals surface area contributed by atoms with Crippen molar-refractivity contribution in [1.82, 2.24) is 19.9 Å². The van der Waals surface area contributed by atoms with E-state index >= 15 is 0 Å². The molecule has 0 bridgehead atoms. The number of aromatic nitrogens is 3. The second-order valence-corrected chi connectivity index (χ2v) is 5.44. The molecule has 3 N–H and O–H groups in total. The van der Waals surface area contributed by atoms with Gasteiger partial charge < -0.3 is 15.7 Å². The Morgan fingerprint density at radius 2 is 2.15 bits per heavy atom. The molecule has 1 aromatic rings. The first-order valence-corrected chi connectivity index (χ1v) is 7.13. The molecule has 0 amide bonds. The number of rotatable bonds is 6. The third-order valence-electron chi connectivity index (χ3n) is 3.63. The minimum atomic E-state index is 0.258. The van der Waals surface area contributed by atoms with Crippen LogP contribution in [0.25, 0.3) is 0 Å². The van der Waals surface area contributed by atoms with E-state index < -0.39 is 0 Å². The first kappa shape index (κ1) is 14.9. The summed E-state index contributed by atoms with van der Waals surface area (Å²) >= 11 is 0. The van der Waals surface area contributed by atoms with Crippen molar-refractivity contribution in [2.24, 2.45) is 0 Å². The van der Waals surface area contributed by atoms with E-state index in [1.54, 1.807) is 0 Å². The number of nitrogen functional groups attached to an aromatic ring is 1. The number of aliphatic hydroxyl groups excluding tert-OH is 1. The van der Waals surface area contributed by atoms with Gasteiger partial charge in [0, 0.05) is 26.7 Å². The van der Waals surface area contributed by atoms with Gasteiger partial charge in [0.25, 0.3) is 0 Å². The highest BCUT2D eigenvalue weighted by atomic mass is 16.2. The topological polar surface area (TPSA) is 91.4 Å². The molecular formula is C13H24N6O. The SMILES string of the molecule is CN(C)c1nc(N)nc(CN2CCCC2CCCO)n1. The monoisotopic (exact) mass is 280 g/mol. The average molecular weight is 280 g/mol. The number of hydrogen-bond donors (Lipinski definition) is 2. The fourth-order valence-electron chi connectivity index (χ4n) is 2.63. The molecule has 112 valence electrons. The molecule has 1 fully saturated rings. The number of likely N-dealkylation sites (tertiary alicyclic amines) is 1. The molecule has 7 heteroatoms. The van der Waals surface area contributed by atoms with Crippen molar-refractivity contribution in [1.29, 1.82) is 0 Å². The minimum absolute atomic E-state index is 0.258. The lowest BCUT2D eigenvalue weighted by molar-refractivity contribution is 0.206. The molecule has 0 spiro atoms. The highest BCUT2D eigenvalue weighted by molar-refractivity contribution is 5.32. The first-order valence-electron chi connectivity index (χ1n) is 7.13. The second-order valence-electron chi connectivity index (χ2n) is 5.44. The van der Waals surface area contributed by atoms with Crippen LogP contribution in [0.15, 0.2) is 0 Å². The molecule has 0 aromatic carbocycles. The summed E-state index contributed by atoms with van der Waals surface area (Å²) in [7, 11) is 3.77. The van der Waals surface area contributed by atoms with Crippen molar-refractivity contribution in [2.45, 2.75) is 38.3 Å². The Hall–Kier alpha value is -1.47. The zero-order chi connectivity index (χ0) is 14.5. The minimum Gasteiger partial charge on any atom is -0.396 e. The van der Waals surface area contributed by atoms with Gasteiger partial charge in [-0.15, -0.1) is 0 Å². The highest BCUT2D eigenvalue weighted by Gasteiger charge is 2.25. The van der Waals surface area contributed by atoms with Crippen LogP contribution in [0.1, 0.15) is 31.5 Å². The summed E-state index contributed by atoms with van der Waals surface area (Å²) in [6.07, 6.45) is 4.25. The quantitative estimate of drug-likeness (QED) is 0.772. The zero-order valence-corrected chi connectivity index (χ0v) is 12.3. The third kappa shape index (κ3) is 3.77. The molecule has 20 heavy (non-hydrogen) atoms. The molecule has 1 aromatic heterocycles. The van der Waals surface area contributed by atoms with Crippen LogP contribution >= 0.6 is 0 Å². The van der Waals surface area contributed by atoms with Crippen LogP contribution in [0, 0.1) is 0 Å². The molecule has 0 saturated carbocycles. The van der Waals surface area contributed by atoms with Crippen LogP contribution in [0.5, 0.6) is 0 Å². The van der Waals surface area contributed by atoms with Gasteiger partial charge in [-0.05, 0) is 32.2 Å². The van der Waals surface area contributed by atoms with Gasteiger partial charge in [-0.3, -0.25) is 4.90 Å². The molecule has 7 nitrogen and oxygen atoms in total. The standard InChI is InChI=1S/C13H24N6O/c1-18(2)13-16-11(15-12(14)17-13)9-19-7-3-5-10(19)6-4-8-20/h10,20H,3-9H2,1-2H3,(H2,14,15,16,17). The van der Waals surface area contributed by atoms with E-state index in [0.29, 0.717) is 18.5 Å². The van der Waals surface area contributed by atoms with Crippen LogP contribution in [0.4, 0.5) is 11.9 Å². The van der Waals surface area contributed by atoms with E-state index in [4.69, 9.17) is 10.8 Å². The van der Waals surface area contributed by atoms with Crippen LogP contribution in [0.3, 0.4) is 0 Å². The maximum absolute atomic E-state index is 8.96. The number of anilines is 2. The second kappa shape index (κ2) is 6.81. The van der Waals surface area contributed by atoms with Crippen LogP contribution < -0.4 is 10.6 Å². The number of aliphatic hydroxyl groups is 1. The molecule has 2 heterocycles. The van der Waals surface area contributed by atoms with Gasteiger partial charge in [0.2, 0.25) is 11.9 Å². The lowest BCUT2D eigenvalue weighted by Crippen LogP contribution is -2.30. The molecule has 2 rings (SSSR count). The summed E-state index contributed by atoms with van der Waals surface area (Å²) < 4.78 is 0. The Morgan fingerprint density at radius 1 is 1.35 bits per heavy atom. The highest BCUT2D eigenvalue weighted by Crippen LogP contribution is 2.23. The maximum Gasteiger partial charge on any atom is 0.229 e. The summed E-state index contributed by atoms with van der Waals surface area (Å²) in [6, 6.07) is 0.517. The van der Waals surface area contributed by atoms with E-state index in [1.165, 1.54) is 12.8 Å². The van der Waals surface area contributed by atoms with E-state index in [1.807, 2.05) is 19.0 Å². The Bertz CT molecular complexity index is 439. The number of hydrogen-bond acceptors (Lipinski definition) is 7. The Morgan fingerprint density at radius 3 is 2.85 bits per heavy atom. The molecule has 1 saturated heterocycles. The van der Waals surface area contributed by atoms with Crippen molar-refractivity contribution in [3.05, 3.63) is 5.82 Å². The van der Waals surface area contributed by atoms with Gasteiger partial charge in [-0.25, -0.2) is 0 Å². The predicted octanol–water partition coefficient (Wildman–Crippen LogP) is 0.257. The van der Waals surface area contributed by atoms with Gasteiger partial charge in [0.1, 0.15) is 5.82 Å². The van der Waals surface area contributed by atoms with E-state index in [2.05, 4.69) is 19.9 Å². The van der Waals surface area contributed by atoms with Gasteiger partial charge in [-0.1, -0.05) is 0 Å². The summed E-state index contributed by atoms with van der Waals surface area (Å²) in [5.74, 6) is 1.58. The maximum atomic E-state index is 8.96. The van der Waals surface area contributed by atoms with Gasteiger partial charge in [-0.2, -0.15) is 15.0 Å². The molecule has 1 aliphatic heterocycles. The van der Waals surface area contributed by atoms with Gasteiger partial charge in [0.05, 0.1) is 6.54 Å². The van der Waals surface area contributed by atoms with E-state index in [-0.39, 0.29) is 12.6 Å². The Balaban J connectivity index is 2.05. The summed E-state index contributed by atoms with van der Waals surface area (Å²) in [6.45, 7) is 2.01. The zero-order valence-electron chi connectivity index (χ0n) is 12.3. The van der Waals surface area contributed by atoms with Crippen molar-refractivity contribution >= 4 is 11.9 Å². The molecule has 1 atom stereocenters. The van der Waals surface area contributed by atoms with Crippen molar-refractivity contribution < 1.29 is 5.11 Å². The fourth-order valence-corrected chi connectivity index (χ4v) is 2.63. The van der Waals surface area contributed by atoms with Gasteiger partial charge >= 0.3 is 0 Å². The summed E-state index contributed by atoms with van der Waals surface area (Å²) in [5.41, 5.74) is 5.75. The fraction of sp³-hybridized carbons (Fsp3) is 0.769. The van der Waals surface area contributed by atoms with Crippen LogP contribution in [-0.2, 0) is 6.54 Å². The molecule has 1 aliphatic rings. The molecule has 0 radical (unpaired) electrons. The van der Waals surface area contributed by atoms with Crippen molar-refractivity contribution in [2.75, 3.05) is 37.9 Å². The lowest BCUT2D eigenvalue weighted by Gasteiger charge is -2.23. The van der Waals surface area contributed by atoms with E-state index in [0.717, 1.165) is 25.2 Å². The van der Waals surface area contributed by atoms with Crippen molar-refractivity contribution in [3.8, 4) is 0 Å². The normalized spacial score (nSPS) is 19.4. The van der Waals surface area contributed by atoms with E-state index in [9.17, 15) is 0 Å². The third-order valence-corrected chi connectivity index (χ3v) is 3.63. The smallest absolute Gasteiger partial charge is 0.229 e. The molecule has 1 unspecified atom stereocenters. The number of nitrogens with two attached hydrogens (primary N) is 1. The number of nitrogens with zero attached hydrogens (tertiary/aromatic N) is 5.